The van der Waals surface area contributed by atoms with E-state index in [9.17, 15) is 5.11 Å². The Hall–Kier alpha value is -1.40. The maximum Gasteiger partial charge on any atom is 0.226 e. The molecule has 1 fully saturated rings. The smallest absolute Gasteiger partial charge is 0.226 e. The number of aliphatic hydroxyl groups is 1. The molecule has 1 aliphatic rings. The monoisotopic (exact) mass is 278 g/mol. The van der Waals surface area contributed by atoms with Crippen molar-refractivity contribution < 1.29 is 5.11 Å². The Morgan fingerprint density at radius 2 is 2.21 bits per heavy atom. The van der Waals surface area contributed by atoms with E-state index in [0.717, 1.165) is 35.4 Å². The van der Waals surface area contributed by atoms with Crippen molar-refractivity contribution in [3.8, 4) is 0 Å². The lowest BCUT2D eigenvalue weighted by Gasteiger charge is -2.16. The molecule has 102 valence electrons. The molecule has 0 radical (unpaired) electrons. The number of aryl methyl sites for hydroxylation is 1. The highest BCUT2D eigenvalue weighted by atomic mass is 32.1. The highest BCUT2D eigenvalue weighted by molar-refractivity contribution is 7.18. The Morgan fingerprint density at radius 3 is 2.84 bits per heavy atom. The molecule has 1 saturated carbocycles. The standard InChI is InChI=1S/C13H18N4OS/c1-3-14-12-15-10(17-13(7-18)4-5-13)9-6-8(2)19-11(9)16-12/h6,18H,3-5,7H2,1-2H3,(H2,14,15,16,17). The van der Waals surface area contributed by atoms with Crippen molar-refractivity contribution in [3.63, 3.8) is 0 Å². The molecule has 2 aromatic rings. The van der Waals surface area contributed by atoms with Gasteiger partial charge in [0.2, 0.25) is 5.95 Å². The first kappa shape index (κ1) is 12.6. The fourth-order valence-corrected chi connectivity index (χ4v) is 2.98. The van der Waals surface area contributed by atoms with Gasteiger partial charge < -0.3 is 15.7 Å². The van der Waals surface area contributed by atoms with Crippen LogP contribution in [0.2, 0.25) is 0 Å². The Labute approximate surface area is 116 Å². The summed E-state index contributed by atoms with van der Waals surface area (Å²) in [7, 11) is 0. The van der Waals surface area contributed by atoms with Gasteiger partial charge in [0.25, 0.3) is 0 Å². The second kappa shape index (κ2) is 4.61. The van der Waals surface area contributed by atoms with Gasteiger partial charge in [-0.2, -0.15) is 4.98 Å². The minimum atomic E-state index is -0.166. The Kier molecular flexibility index (Phi) is 3.06. The predicted octanol–water partition coefficient (Wildman–Crippen LogP) is 2.37. The second-order valence-electron chi connectivity index (χ2n) is 5.07. The second-order valence-corrected chi connectivity index (χ2v) is 6.30. The average Bonchev–Trinajstić information content (AvgIpc) is 3.04. The molecule has 5 nitrogen and oxygen atoms in total. The number of anilines is 2. The molecule has 0 unspecified atom stereocenters. The molecule has 0 amide bonds. The van der Waals surface area contributed by atoms with Crippen LogP contribution in [0, 0.1) is 6.92 Å². The first-order valence-electron chi connectivity index (χ1n) is 6.57. The molecule has 1 aliphatic carbocycles. The van der Waals surface area contributed by atoms with E-state index >= 15 is 0 Å². The van der Waals surface area contributed by atoms with Gasteiger partial charge in [-0.05, 0) is 32.8 Å². The summed E-state index contributed by atoms with van der Waals surface area (Å²) in [5.41, 5.74) is -0.166. The zero-order valence-corrected chi connectivity index (χ0v) is 12.0. The Balaban J connectivity index is 2.04. The topological polar surface area (TPSA) is 70.1 Å². The summed E-state index contributed by atoms with van der Waals surface area (Å²) in [6.45, 7) is 5.04. The summed E-state index contributed by atoms with van der Waals surface area (Å²) >= 11 is 1.67. The highest BCUT2D eigenvalue weighted by Gasteiger charge is 2.42. The van der Waals surface area contributed by atoms with Gasteiger partial charge in [0.1, 0.15) is 10.6 Å². The molecule has 6 heteroatoms. The van der Waals surface area contributed by atoms with Crippen LogP contribution >= 0.6 is 11.3 Å². The van der Waals surface area contributed by atoms with E-state index in [0.29, 0.717) is 5.95 Å². The number of fused-ring (bicyclic) bond motifs is 1. The van der Waals surface area contributed by atoms with Crippen LogP contribution in [0.4, 0.5) is 11.8 Å². The van der Waals surface area contributed by atoms with E-state index in [1.54, 1.807) is 11.3 Å². The zero-order valence-electron chi connectivity index (χ0n) is 11.2. The summed E-state index contributed by atoms with van der Waals surface area (Å²) in [6, 6.07) is 2.10. The molecule has 3 N–H and O–H groups in total. The molecule has 0 aromatic carbocycles. The predicted molar refractivity (Wildman–Crippen MR) is 79.0 cm³/mol. The molecule has 19 heavy (non-hydrogen) atoms. The van der Waals surface area contributed by atoms with Gasteiger partial charge >= 0.3 is 0 Å². The van der Waals surface area contributed by atoms with Gasteiger partial charge in [0.05, 0.1) is 17.5 Å². The van der Waals surface area contributed by atoms with Gasteiger partial charge in [-0.15, -0.1) is 11.3 Å². The number of hydrogen-bond donors (Lipinski definition) is 3. The van der Waals surface area contributed by atoms with E-state index in [1.165, 1.54) is 4.88 Å². The molecule has 0 spiro atoms. The van der Waals surface area contributed by atoms with Crippen molar-refractivity contribution in [3.05, 3.63) is 10.9 Å². The molecule has 0 saturated heterocycles. The normalized spacial score (nSPS) is 16.6. The SMILES string of the molecule is CCNc1nc(NC2(CO)CC2)c2cc(C)sc2n1. The molecule has 2 heterocycles. The maximum absolute atomic E-state index is 9.45. The number of nitrogens with zero attached hydrogens (tertiary/aromatic N) is 2. The minimum absolute atomic E-state index is 0.151. The van der Waals surface area contributed by atoms with E-state index < -0.39 is 0 Å². The van der Waals surface area contributed by atoms with Crippen LogP contribution in [0.15, 0.2) is 6.07 Å². The van der Waals surface area contributed by atoms with Gasteiger partial charge in [0, 0.05) is 11.4 Å². The molecule has 2 aromatic heterocycles. The number of rotatable bonds is 5. The molecule has 0 atom stereocenters. The van der Waals surface area contributed by atoms with E-state index in [4.69, 9.17) is 0 Å². The van der Waals surface area contributed by atoms with Gasteiger partial charge in [-0.25, -0.2) is 4.98 Å². The zero-order chi connectivity index (χ0) is 13.5. The number of hydrogen-bond acceptors (Lipinski definition) is 6. The van der Waals surface area contributed by atoms with Crippen LogP contribution < -0.4 is 10.6 Å². The van der Waals surface area contributed by atoms with Crippen molar-refractivity contribution >= 4 is 33.3 Å². The Bertz CT molecular complexity index is 606. The van der Waals surface area contributed by atoms with Gasteiger partial charge in [-0.1, -0.05) is 0 Å². The van der Waals surface area contributed by atoms with Gasteiger partial charge in [-0.3, -0.25) is 0 Å². The van der Waals surface area contributed by atoms with Crippen LogP contribution in [-0.2, 0) is 0 Å². The van der Waals surface area contributed by atoms with Crippen LogP contribution in [0.25, 0.3) is 10.2 Å². The average molecular weight is 278 g/mol. The molecular formula is C13H18N4OS. The number of aliphatic hydroxyl groups excluding tert-OH is 1. The van der Waals surface area contributed by atoms with Crippen molar-refractivity contribution in [2.24, 2.45) is 0 Å². The fourth-order valence-electron chi connectivity index (χ4n) is 2.10. The fraction of sp³-hybridized carbons (Fsp3) is 0.538. The quantitative estimate of drug-likeness (QED) is 0.783. The summed E-state index contributed by atoms with van der Waals surface area (Å²) in [5, 5.41) is 17.0. The number of aromatic nitrogens is 2. The highest BCUT2D eigenvalue weighted by Crippen LogP contribution is 2.40. The lowest BCUT2D eigenvalue weighted by Crippen LogP contribution is -2.26. The van der Waals surface area contributed by atoms with Crippen LogP contribution in [0.1, 0.15) is 24.6 Å². The lowest BCUT2D eigenvalue weighted by molar-refractivity contribution is 0.266. The summed E-state index contributed by atoms with van der Waals surface area (Å²) in [6.07, 6.45) is 1.99. The lowest BCUT2D eigenvalue weighted by atomic mass is 10.2. The van der Waals surface area contributed by atoms with Gasteiger partial charge in [0.15, 0.2) is 0 Å². The number of thiophene rings is 1. The van der Waals surface area contributed by atoms with Crippen LogP contribution in [0.5, 0.6) is 0 Å². The van der Waals surface area contributed by atoms with Crippen molar-refractivity contribution in [1.82, 2.24) is 9.97 Å². The molecule has 0 aliphatic heterocycles. The maximum atomic E-state index is 9.45. The third-order valence-electron chi connectivity index (χ3n) is 3.39. The Morgan fingerprint density at radius 1 is 1.42 bits per heavy atom. The summed E-state index contributed by atoms with van der Waals surface area (Å²) in [4.78, 5) is 11.3. The summed E-state index contributed by atoms with van der Waals surface area (Å²) < 4.78 is 0. The molecule has 0 bridgehead atoms. The minimum Gasteiger partial charge on any atom is -0.394 e. The third kappa shape index (κ3) is 2.37. The molecule has 3 rings (SSSR count). The van der Waals surface area contributed by atoms with Crippen molar-refractivity contribution in [2.45, 2.75) is 32.2 Å². The number of nitrogens with one attached hydrogen (secondary N) is 2. The third-order valence-corrected chi connectivity index (χ3v) is 4.33. The van der Waals surface area contributed by atoms with E-state index in [1.807, 2.05) is 6.92 Å². The first-order valence-corrected chi connectivity index (χ1v) is 7.38. The van der Waals surface area contributed by atoms with E-state index in [2.05, 4.69) is 33.6 Å². The van der Waals surface area contributed by atoms with Crippen molar-refractivity contribution in [1.29, 1.82) is 0 Å². The molecular weight excluding hydrogens is 260 g/mol. The first-order chi connectivity index (χ1) is 9.15. The van der Waals surface area contributed by atoms with Crippen LogP contribution in [0.3, 0.4) is 0 Å². The van der Waals surface area contributed by atoms with E-state index in [-0.39, 0.29) is 12.1 Å². The van der Waals surface area contributed by atoms with Crippen LogP contribution in [-0.4, -0.2) is 33.8 Å². The van der Waals surface area contributed by atoms with Crippen molar-refractivity contribution in [2.75, 3.05) is 23.8 Å². The summed E-state index contributed by atoms with van der Waals surface area (Å²) in [5.74, 6) is 1.48. The largest absolute Gasteiger partial charge is 0.394 e.